The molecule has 0 aromatic carbocycles. The lowest BCUT2D eigenvalue weighted by molar-refractivity contribution is 0.202. The van der Waals surface area contributed by atoms with Crippen LogP contribution in [0.25, 0.3) is 0 Å². The van der Waals surface area contributed by atoms with Crippen molar-refractivity contribution in [2.45, 2.75) is 52.6 Å². The topological polar surface area (TPSA) is 9.23 Å². The number of rotatable bonds is 3. The van der Waals surface area contributed by atoms with Crippen molar-refractivity contribution in [3.63, 3.8) is 0 Å². The van der Waals surface area contributed by atoms with E-state index in [0.29, 0.717) is 0 Å². The van der Waals surface area contributed by atoms with Gasteiger partial charge in [0.2, 0.25) is 0 Å². The maximum absolute atomic E-state index is 5.69. The van der Waals surface area contributed by atoms with Crippen LogP contribution < -0.4 is 0 Å². The van der Waals surface area contributed by atoms with Crippen molar-refractivity contribution < 1.29 is 4.43 Å². The Balaban J connectivity index is 0. The number of hydrogen-bond donors (Lipinski definition) is 0. The van der Waals surface area contributed by atoms with Gasteiger partial charge in [0.15, 0.2) is 9.76 Å². The molecule has 0 heterocycles. The molecule has 70 valence electrons. The van der Waals surface area contributed by atoms with Gasteiger partial charge in [-0.15, -0.1) is 0 Å². The highest BCUT2D eigenvalue weighted by molar-refractivity contribution is 6.59. The Morgan fingerprint density at radius 2 is 1.55 bits per heavy atom. The second-order valence-corrected chi connectivity index (χ2v) is 7.76. The van der Waals surface area contributed by atoms with Crippen molar-refractivity contribution >= 4 is 18.6 Å². The molecule has 0 amide bonds. The van der Waals surface area contributed by atoms with E-state index in [9.17, 15) is 0 Å². The smallest absolute Gasteiger partial charge is 0.158 e. The Morgan fingerprint density at radius 1 is 1.18 bits per heavy atom. The summed E-state index contributed by atoms with van der Waals surface area (Å²) in [7, 11) is -0.783. The van der Waals surface area contributed by atoms with Crippen LogP contribution in [0.2, 0.25) is 19.6 Å². The standard InChI is InChI=1S/C6H18OSi2.C2H6/c1-6(2,7-8-3)9(4)5;1-2/h9H,8H2,1-5H3;1-2H3. The minimum absolute atomic E-state index is 0.198. The molecule has 0 saturated heterocycles. The number of hydrogen-bond acceptors (Lipinski definition) is 1. The molecular weight excluding hydrogens is 168 g/mol. The molecule has 0 aromatic heterocycles. The van der Waals surface area contributed by atoms with Crippen LogP contribution in [0.3, 0.4) is 0 Å². The fourth-order valence-electron chi connectivity index (χ4n) is 0.539. The normalized spacial score (nSPS) is 12.0. The van der Waals surface area contributed by atoms with Crippen molar-refractivity contribution in [2.24, 2.45) is 0 Å². The maximum Gasteiger partial charge on any atom is 0.158 e. The van der Waals surface area contributed by atoms with Crippen LogP contribution in [0.15, 0.2) is 0 Å². The van der Waals surface area contributed by atoms with Gasteiger partial charge < -0.3 is 4.43 Å². The lowest BCUT2D eigenvalue weighted by Crippen LogP contribution is -2.39. The van der Waals surface area contributed by atoms with Crippen LogP contribution in [0.1, 0.15) is 27.7 Å². The highest BCUT2D eigenvalue weighted by Gasteiger charge is 2.21. The van der Waals surface area contributed by atoms with Crippen molar-refractivity contribution in [3.8, 4) is 0 Å². The Labute approximate surface area is 76.1 Å². The molecule has 0 fully saturated rings. The summed E-state index contributed by atoms with van der Waals surface area (Å²) in [6.07, 6.45) is 0. The van der Waals surface area contributed by atoms with E-state index in [0.717, 1.165) is 0 Å². The summed E-state index contributed by atoms with van der Waals surface area (Å²) in [6.45, 7) is 15.3. The molecule has 0 saturated carbocycles. The van der Waals surface area contributed by atoms with Gasteiger partial charge in [0.1, 0.15) is 0 Å². The zero-order valence-electron chi connectivity index (χ0n) is 9.19. The van der Waals surface area contributed by atoms with E-state index >= 15 is 0 Å². The summed E-state index contributed by atoms with van der Waals surface area (Å²) in [5, 5.41) is 0.251. The molecule has 11 heavy (non-hydrogen) atoms. The Bertz CT molecular complexity index is 82.2. The molecule has 0 aliphatic heterocycles. The van der Waals surface area contributed by atoms with Gasteiger partial charge >= 0.3 is 0 Å². The second-order valence-electron chi connectivity index (χ2n) is 3.19. The molecule has 0 atom stereocenters. The van der Waals surface area contributed by atoms with Gasteiger partial charge in [0.05, 0.1) is 8.80 Å². The highest BCUT2D eigenvalue weighted by Crippen LogP contribution is 2.11. The summed E-state index contributed by atoms with van der Waals surface area (Å²) in [4.78, 5) is 0. The van der Waals surface area contributed by atoms with Crippen molar-refractivity contribution in [1.29, 1.82) is 0 Å². The zero-order chi connectivity index (χ0) is 9.49. The van der Waals surface area contributed by atoms with Crippen molar-refractivity contribution in [2.75, 3.05) is 0 Å². The molecule has 0 bridgehead atoms. The molecule has 0 unspecified atom stereocenters. The van der Waals surface area contributed by atoms with Crippen LogP contribution in [-0.4, -0.2) is 23.8 Å². The Kier molecular flexibility index (Phi) is 8.96. The van der Waals surface area contributed by atoms with Crippen molar-refractivity contribution in [3.05, 3.63) is 0 Å². The summed E-state index contributed by atoms with van der Waals surface area (Å²) in [5.41, 5.74) is 0. The molecule has 3 heteroatoms. The van der Waals surface area contributed by atoms with E-state index in [1.807, 2.05) is 13.8 Å². The van der Waals surface area contributed by atoms with Gasteiger partial charge in [-0.1, -0.05) is 33.5 Å². The summed E-state index contributed by atoms with van der Waals surface area (Å²) >= 11 is 0. The minimum atomic E-state index is -0.585. The summed E-state index contributed by atoms with van der Waals surface area (Å²) in [6, 6.07) is 0. The van der Waals surface area contributed by atoms with Gasteiger partial charge in [-0.25, -0.2) is 0 Å². The van der Waals surface area contributed by atoms with Crippen LogP contribution in [0, 0.1) is 0 Å². The molecular formula is C8H24OSi2. The summed E-state index contributed by atoms with van der Waals surface area (Å²) in [5.74, 6) is 0. The minimum Gasteiger partial charge on any atom is -0.422 e. The van der Waals surface area contributed by atoms with Gasteiger partial charge in [-0.2, -0.15) is 0 Å². The third-order valence-corrected chi connectivity index (χ3v) is 6.22. The fourth-order valence-corrected chi connectivity index (χ4v) is 3.12. The lowest BCUT2D eigenvalue weighted by atomic mass is 10.5. The monoisotopic (exact) mass is 192 g/mol. The first kappa shape index (κ1) is 13.9. The molecule has 0 radical (unpaired) electrons. The third-order valence-electron chi connectivity index (χ3n) is 1.91. The third kappa shape index (κ3) is 6.78. The van der Waals surface area contributed by atoms with Crippen LogP contribution >= 0.6 is 0 Å². The zero-order valence-corrected chi connectivity index (χ0v) is 11.8. The van der Waals surface area contributed by atoms with Crippen molar-refractivity contribution in [1.82, 2.24) is 0 Å². The largest absolute Gasteiger partial charge is 0.422 e. The first-order valence-electron chi connectivity index (χ1n) is 4.64. The molecule has 0 spiro atoms. The fraction of sp³-hybridized carbons (Fsp3) is 1.00. The SMILES string of the molecule is CC.C[SiH2]OC(C)(C)[SiH](C)C. The first-order valence-corrected chi connectivity index (χ1v) is 9.52. The molecule has 0 aliphatic rings. The molecule has 0 aliphatic carbocycles. The average Bonchev–Trinajstić information content (AvgIpc) is 1.92. The van der Waals surface area contributed by atoms with E-state index in [1.54, 1.807) is 0 Å². The van der Waals surface area contributed by atoms with Gasteiger partial charge in [0, 0.05) is 5.22 Å². The predicted octanol–water partition coefficient (Wildman–Crippen LogP) is 1.97. The van der Waals surface area contributed by atoms with E-state index in [-0.39, 0.29) is 15.0 Å². The van der Waals surface area contributed by atoms with E-state index in [1.165, 1.54) is 0 Å². The maximum atomic E-state index is 5.69. The quantitative estimate of drug-likeness (QED) is 0.621. The van der Waals surface area contributed by atoms with Gasteiger partial charge in [-0.3, -0.25) is 0 Å². The van der Waals surface area contributed by atoms with E-state index in [2.05, 4.69) is 33.5 Å². The van der Waals surface area contributed by atoms with Gasteiger partial charge in [0.25, 0.3) is 0 Å². The van der Waals surface area contributed by atoms with Gasteiger partial charge in [-0.05, 0) is 13.8 Å². The van der Waals surface area contributed by atoms with Crippen LogP contribution in [0.5, 0.6) is 0 Å². The summed E-state index contributed by atoms with van der Waals surface area (Å²) < 4.78 is 5.69. The second kappa shape index (κ2) is 7.07. The Morgan fingerprint density at radius 3 is 1.64 bits per heavy atom. The molecule has 1 nitrogen and oxygen atoms in total. The molecule has 0 aromatic rings. The average molecular weight is 192 g/mol. The van der Waals surface area contributed by atoms with E-state index < -0.39 is 8.80 Å². The van der Waals surface area contributed by atoms with Crippen LogP contribution in [-0.2, 0) is 4.43 Å². The molecule has 0 N–H and O–H groups in total. The highest BCUT2D eigenvalue weighted by atomic mass is 28.3. The molecule has 0 rings (SSSR count). The van der Waals surface area contributed by atoms with E-state index in [4.69, 9.17) is 4.43 Å². The predicted molar refractivity (Wildman–Crippen MR) is 59.8 cm³/mol. The first-order chi connectivity index (χ1) is 5.00. The lowest BCUT2D eigenvalue weighted by Gasteiger charge is -2.28. The van der Waals surface area contributed by atoms with Crippen LogP contribution in [0.4, 0.5) is 0 Å². The Hall–Kier alpha value is 0.394.